The molecule has 2 aromatic heterocycles. The second-order valence-electron chi connectivity index (χ2n) is 12.5. The van der Waals surface area contributed by atoms with Crippen molar-refractivity contribution >= 4 is 30.8 Å². The zero-order valence-corrected chi connectivity index (χ0v) is 27.4. The molecule has 0 bridgehead atoms. The van der Waals surface area contributed by atoms with Gasteiger partial charge < -0.3 is 34.1 Å². The Morgan fingerprint density at radius 3 is 2.54 bits per heavy atom. The summed E-state index contributed by atoms with van der Waals surface area (Å²) < 4.78 is 54.9. The highest BCUT2D eigenvalue weighted by atomic mass is 28.3. The second kappa shape index (κ2) is 13.9. The number of anilines is 1. The van der Waals surface area contributed by atoms with Gasteiger partial charge in [-0.25, -0.2) is 18.6 Å². The fourth-order valence-corrected chi connectivity index (χ4v) is 5.72. The lowest BCUT2D eigenvalue weighted by Gasteiger charge is -2.31. The van der Waals surface area contributed by atoms with Gasteiger partial charge in [-0.1, -0.05) is 25.7 Å². The lowest BCUT2D eigenvalue weighted by atomic mass is 10.0. The molecule has 1 aliphatic rings. The number of nitrogens with one attached hydrogen (secondary N) is 2. The van der Waals surface area contributed by atoms with Crippen LogP contribution in [0.1, 0.15) is 12.5 Å². The largest absolute Gasteiger partial charge is 0.495 e. The van der Waals surface area contributed by atoms with Crippen molar-refractivity contribution in [1.29, 1.82) is 5.26 Å². The van der Waals surface area contributed by atoms with E-state index in [9.17, 15) is 10.1 Å². The molecule has 0 spiro atoms. The molecule has 2 amide bonds. The van der Waals surface area contributed by atoms with Gasteiger partial charge in [0.1, 0.15) is 29.9 Å². The van der Waals surface area contributed by atoms with Gasteiger partial charge in [0, 0.05) is 62.4 Å². The summed E-state index contributed by atoms with van der Waals surface area (Å²) in [6.45, 7) is 10.5. The molecule has 10 nitrogen and oxygen atoms in total. The van der Waals surface area contributed by atoms with Gasteiger partial charge in [-0.2, -0.15) is 5.26 Å². The van der Waals surface area contributed by atoms with Gasteiger partial charge in [-0.15, -0.1) is 0 Å². The van der Waals surface area contributed by atoms with E-state index in [2.05, 4.69) is 41.3 Å². The Balaban J connectivity index is 1.47. The molecule has 1 aliphatic heterocycles. The van der Waals surface area contributed by atoms with E-state index in [1.54, 1.807) is 22.8 Å². The monoisotopic (exact) mass is 649 g/mol. The molecule has 1 fully saturated rings. The number of aromatic nitrogens is 2. The van der Waals surface area contributed by atoms with Crippen LogP contribution in [0.2, 0.25) is 25.7 Å². The number of fused-ring (bicyclic) bond motifs is 1. The minimum Gasteiger partial charge on any atom is -0.495 e. The molecule has 2 N–H and O–H groups in total. The third kappa shape index (κ3) is 7.47. The fourth-order valence-electron chi connectivity index (χ4n) is 4.97. The van der Waals surface area contributed by atoms with Gasteiger partial charge in [0.2, 0.25) is 0 Å². The van der Waals surface area contributed by atoms with Gasteiger partial charge in [-0.3, -0.25) is 0 Å². The molecule has 3 heterocycles. The highest BCUT2D eigenvalue weighted by Crippen LogP contribution is 2.40. The third-order valence-corrected chi connectivity index (χ3v) is 9.48. The number of ether oxygens (including phenoxy) is 4. The number of benzene rings is 2. The van der Waals surface area contributed by atoms with Crippen molar-refractivity contribution in [2.45, 2.75) is 45.4 Å². The van der Waals surface area contributed by atoms with Crippen molar-refractivity contribution in [3.63, 3.8) is 0 Å². The molecule has 0 saturated carbocycles. The predicted octanol–water partition coefficient (Wildman–Crippen LogP) is 7.12. The maximum atomic E-state index is 15.4. The number of hydrogen-bond acceptors (Lipinski definition) is 7. The number of carbonyl (C=O) groups is 1. The normalized spacial score (nSPS) is 14.0. The van der Waals surface area contributed by atoms with E-state index in [0.717, 1.165) is 18.2 Å². The predicted molar refractivity (Wildman–Crippen MR) is 173 cm³/mol. The molecule has 5 rings (SSSR count). The summed E-state index contributed by atoms with van der Waals surface area (Å²) >= 11 is 0. The molecule has 2 aromatic carbocycles. The number of nitriles is 1. The molecule has 4 aromatic rings. The van der Waals surface area contributed by atoms with Gasteiger partial charge in [0.05, 0.1) is 31.3 Å². The Morgan fingerprint density at radius 1 is 1.17 bits per heavy atom. The number of rotatable bonds is 12. The number of urea groups is 1. The summed E-state index contributed by atoms with van der Waals surface area (Å²) in [5.41, 5.74) is 1.99. The first-order valence-electron chi connectivity index (χ1n) is 14.9. The van der Waals surface area contributed by atoms with Crippen molar-refractivity contribution in [2.75, 3.05) is 32.2 Å². The quantitative estimate of drug-likeness (QED) is 0.124. The number of hydrogen-bond donors (Lipinski definition) is 2. The second-order valence-corrected chi connectivity index (χ2v) is 18.1. The highest BCUT2D eigenvalue weighted by Gasteiger charge is 2.27. The number of methoxy groups -OCH3 is 1. The summed E-state index contributed by atoms with van der Waals surface area (Å²) in [6.07, 6.45) is 3.30. The van der Waals surface area contributed by atoms with Gasteiger partial charge >= 0.3 is 6.03 Å². The topological polar surface area (TPSA) is 120 Å². The molecular formula is C33H37F2N5O5Si. The van der Waals surface area contributed by atoms with Crippen LogP contribution < -0.4 is 20.1 Å². The smallest absolute Gasteiger partial charge is 0.319 e. The Morgan fingerprint density at radius 2 is 1.91 bits per heavy atom. The summed E-state index contributed by atoms with van der Waals surface area (Å²) in [4.78, 5) is 17.0. The Labute approximate surface area is 267 Å². The van der Waals surface area contributed by atoms with Gasteiger partial charge in [0.15, 0.2) is 17.4 Å². The minimum absolute atomic E-state index is 0.0682. The lowest BCUT2D eigenvalue weighted by molar-refractivity contribution is -0.0444. The van der Waals surface area contributed by atoms with E-state index in [-0.39, 0.29) is 30.1 Å². The first-order chi connectivity index (χ1) is 22.0. The van der Waals surface area contributed by atoms with E-state index in [4.69, 9.17) is 18.9 Å². The molecule has 242 valence electrons. The molecule has 0 radical (unpaired) electrons. The summed E-state index contributed by atoms with van der Waals surface area (Å²) in [5.74, 6) is -1.91. The van der Waals surface area contributed by atoms with Crippen LogP contribution in [0.3, 0.4) is 0 Å². The maximum Gasteiger partial charge on any atom is 0.319 e. The number of pyridine rings is 1. The van der Waals surface area contributed by atoms with Crippen LogP contribution in [0, 0.1) is 28.9 Å². The van der Waals surface area contributed by atoms with E-state index >= 15 is 8.78 Å². The average molecular weight is 650 g/mol. The Bertz CT molecular complexity index is 1760. The van der Waals surface area contributed by atoms with Gasteiger partial charge in [0.25, 0.3) is 0 Å². The van der Waals surface area contributed by atoms with Crippen LogP contribution >= 0.6 is 0 Å². The Hall–Kier alpha value is -4.51. The molecule has 46 heavy (non-hydrogen) atoms. The number of halogens is 2. The van der Waals surface area contributed by atoms with Crippen LogP contribution in [0.15, 0.2) is 48.8 Å². The number of amides is 2. The first kappa shape index (κ1) is 32.9. The molecule has 0 aliphatic carbocycles. The van der Waals surface area contributed by atoms with Crippen molar-refractivity contribution in [1.82, 2.24) is 14.9 Å². The highest BCUT2D eigenvalue weighted by molar-refractivity contribution is 6.76. The average Bonchev–Trinajstić information content (AvgIpc) is 3.34. The number of carbonyl (C=O) groups excluding carboxylic acids is 1. The zero-order chi connectivity index (χ0) is 33.0. The molecule has 13 heteroatoms. The van der Waals surface area contributed by atoms with E-state index < -0.39 is 31.5 Å². The van der Waals surface area contributed by atoms with Crippen LogP contribution in [0.25, 0.3) is 22.2 Å². The lowest BCUT2D eigenvalue weighted by Crippen LogP contribution is -2.47. The van der Waals surface area contributed by atoms with Crippen molar-refractivity contribution in [2.24, 2.45) is 5.92 Å². The third-order valence-electron chi connectivity index (χ3n) is 7.77. The molecule has 1 atom stereocenters. The standard InChI is InChI=1S/C33H37F2N5O5Si/c1-20(23-17-44-18-23)38-33(41)39-24-13-26(34)31(27(35)14-24)45-29-8-9-37-32-30(29)25(16-40(32)19-43-10-11-46(3,4)5)21-6-7-28(42-2)22(12-21)15-36/h6-9,12-14,16,20,23H,10-11,17-19H2,1-5H3,(H2,38,39,41)/t20-/m1/s1. The summed E-state index contributed by atoms with van der Waals surface area (Å²) in [5, 5.41) is 15.4. The molecular weight excluding hydrogens is 612 g/mol. The SMILES string of the molecule is COc1ccc(-c2cn(COCC[Si](C)(C)C)c3nccc(Oc4c(F)cc(NC(=O)N[C@H](C)C5COC5)cc4F)c23)cc1C#N. The molecule has 0 unspecified atom stereocenters. The van der Waals surface area contributed by atoms with E-state index in [0.29, 0.717) is 53.3 Å². The zero-order valence-electron chi connectivity index (χ0n) is 26.4. The summed E-state index contributed by atoms with van der Waals surface area (Å²) in [7, 11) is 0.165. The van der Waals surface area contributed by atoms with Crippen LogP contribution in [-0.2, 0) is 16.2 Å². The Kier molecular flexibility index (Phi) is 9.90. The first-order valence-corrected chi connectivity index (χ1v) is 18.6. The minimum atomic E-state index is -1.32. The van der Waals surface area contributed by atoms with Crippen molar-refractivity contribution < 1.29 is 32.5 Å². The summed E-state index contributed by atoms with van der Waals surface area (Å²) in [6, 6.07) is 11.0. The van der Waals surface area contributed by atoms with Crippen molar-refractivity contribution in [3.8, 4) is 34.4 Å². The fraction of sp³-hybridized carbons (Fsp3) is 0.364. The van der Waals surface area contributed by atoms with Crippen LogP contribution in [0.5, 0.6) is 17.2 Å². The van der Waals surface area contributed by atoms with E-state index in [1.807, 2.05) is 13.1 Å². The number of nitrogens with zero attached hydrogens (tertiary/aromatic N) is 3. The molecule has 1 saturated heterocycles. The maximum absolute atomic E-state index is 15.4. The van der Waals surface area contributed by atoms with Crippen molar-refractivity contribution in [3.05, 3.63) is 66.0 Å². The van der Waals surface area contributed by atoms with E-state index in [1.165, 1.54) is 19.4 Å². The van der Waals surface area contributed by atoms with Crippen LogP contribution in [0.4, 0.5) is 19.3 Å². The van der Waals surface area contributed by atoms with Crippen LogP contribution in [-0.4, -0.2) is 56.6 Å². The van der Waals surface area contributed by atoms with Gasteiger partial charge in [-0.05, 0) is 36.7 Å².